The fourth-order valence-corrected chi connectivity index (χ4v) is 8.95. The molecular formula is C50H28N2O. The number of pyridine rings is 2. The smallest absolute Gasteiger partial charge is 0.143 e. The number of aromatic nitrogens is 2. The number of nitrogens with zero attached hydrogens (tertiary/aromatic N) is 2. The highest BCUT2D eigenvalue weighted by Gasteiger charge is 2.20. The van der Waals surface area contributed by atoms with Crippen LogP contribution in [-0.2, 0) is 0 Å². The highest BCUT2D eigenvalue weighted by atomic mass is 16.3. The number of rotatable bonds is 2. The first kappa shape index (κ1) is 28.6. The molecule has 0 N–H and O–H groups in total. The molecule has 12 rings (SSSR count). The van der Waals surface area contributed by atoms with Crippen LogP contribution in [0.5, 0.6) is 0 Å². The molecule has 0 radical (unpaired) electrons. The molecule has 3 heterocycles. The molecule has 9 aromatic carbocycles. The van der Waals surface area contributed by atoms with E-state index in [1.807, 2.05) is 12.3 Å². The highest BCUT2D eigenvalue weighted by Crippen LogP contribution is 2.46. The summed E-state index contributed by atoms with van der Waals surface area (Å²) < 4.78 is 6.82. The summed E-state index contributed by atoms with van der Waals surface area (Å²) in [5.74, 6) is 0. The van der Waals surface area contributed by atoms with Crippen LogP contribution in [0.4, 0.5) is 0 Å². The van der Waals surface area contributed by atoms with Crippen molar-refractivity contribution in [3.05, 3.63) is 170 Å². The third kappa shape index (κ3) is 3.99. The average molecular weight is 673 g/mol. The Kier molecular flexibility index (Phi) is 5.77. The van der Waals surface area contributed by atoms with Crippen LogP contribution < -0.4 is 0 Å². The molecule has 3 nitrogen and oxygen atoms in total. The molecule has 3 aromatic heterocycles. The van der Waals surface area contributed by atoms with Gasteiger partial charge in [-0.15, -0.1) is 0 Å². The van der Waals surface area contributed by atoms with Gasteiger partial charge in [0.15, 0.2) is 0 Å². The molecule has 0 amide bonds. The maximum atomic E-state index is 6.82. The van der Waals surface area contributed by atoms with E-state index >= 15 is 0 Å². The Hall–Kier alpha value is -7.10. The Balaban J connectivity index is 1.14. The fraction of sp³-hybridized carbons (Fsp3) is 0. The van der Waals surface area contributed by atoms with Gasteiger partial charge in [-0.3, -0.25) is 4.98 Å². The van der Waals surface area contributed by atoms with E-state index in [2.05, 4.69) is 158 Å². The van der Waals surface area contributed by atoms with Gasteiger partial charge in [-0.25, -0.2) is 4.98 Å². The first-order valence-electron chi connectivity index (χ1n) is 18.1. The third-order valence-corrected chi connectivity index (χ3v) is 11.3. The Labute approximate surface area is 303 Å². The summed E-state index contributed by atoms with van der Waals surface area (Å²) in [5.41, 5.74) is 8.11. The van der Waals surface area contributed by atoms with E-state index in [-0.39, 0.29) is 0 Å². The van der Waals surface area contributed by atoms with Crippen molar-refractivity contribution in [2.24, 2.45) is 0 Å². The first-order chi connectivity index (χ1) is 26.3. The molecule has 53 heavy (non-hydrogen) atoms. The Morgan fingerprint density at radius 2 is 0.925 bits per heavy atom. The molecule has 0 aliphatic carbocycles. The third-order valence-electron chi connectivity index (χ3n) is 11.3. The Morgan fingerprint density at radius 1 is 0.377 bits per heavy atom. The number of benzene rings is 9. The monoisotopic (exact) mass is 672 g/mol. The lowest BCUT2D eigenvalue weighted by Crippen LogP contribution is -1.93. The molecule has 0 atom stereocenters. The zero-order valence-corrected chi connectivity index (χ0v) is 28.5. The van der Waals surface area contributed by atoms with Gasteiger partial charge in [0.25, 0.3) is 0 Å². The maximum Gasteiger partial charge on any atom is 0.143 e. The Bertz CT molecular complexity index is 3430. The average Bonchev–Trinajstić information content (AvgIpc) is 3.60. The van der Waals surface area contributed by atoms with Crippen LogP contribution in [-0.4, -0.2) is 9.97 Å². The molecule has 0 spiro atoms. The van der Waals surface area contributed by atoms with E-state index in [4.69, 9.17) is 14.4 Å². The summed E-state index contributed by atoms with van der Waals surface area (Å²) in [6.45, 7) is 0. The van der Waals surface area contributed by atoms with Gasteiger partial charge < -0.3 is 4.42 Å². The second kappa shape index (κ2) is 10.7. The van der Waals surface area contributed by atoms with E-state index in [0.717, 1.165) is 60.6 Å². The lowest BCUT2D eigenvalue weighted by molar-refractivity contribution is 0.673. The van der Waals surface area contributed by atoms with Gasteiger partial charge in [0.2, 0.25) is 0 Å². The number of hydrogen-bond donors (Lipinski definition) is 0. The van der Waals surface area contributed by atoms with Crippen molar-refractivity contribution in [3.63, 3.8) is 0 Å². The lowest BCUT2D eigenvalue weighted by atomic mass is 9.86. The predicted molar refractivity (Wildman–Crippen MR) is 223 cm³/mol. The predicted octanol–water partition coefficient (Wildman–Crippen LogP) is 13.8. The van der Waals surface area contributed by atoms with Crippen LogP contribution in [0.3, 0.4) is 0 Å². The summed E-state index contributed by atoms with van der Waals surface area (Å²) in [5, 5.41) is 16.5. The number of fused-ring (bicyclic) bond motifs is 15. The molecule has 0 aliphatic rings. The SMILES string of the molecule is c1cnc2c(c1)ccc1ccc(-c3c4ccccc4c(-c4ccc5oc6c(ccc7c8ccccc8c8ccccc8c76)c5c4)c4ccccc34)nc12. The standard InChI is InChI=1S/C50H28N2O/c1-2-13-34-32(11-1)33-12-3-4-14-35(33)47-40(34)23-24-41-42-28-31(22-26-44(42)53-50(41)47)45-36-15-5-7-17-38(36)46(39-18-8-6-16-37(39)45)43-25-21-30-20-19-29-10-9-27-51-48(29)49(30)52-43/h1-28H. The van der Waals surface area contributed by atoms with Crippen LogP contribution >= 0.6 is 0 Å². The molecule has 0 aliphatic heterocycles. The zero-order chi connectivity index (χ0) is 34.6. The second-order valence-corrected chi connectivity index (χ2v) is 14.0. The quantitative estimate of drug-likeness (QED) is 0.136. The highest BCUT2D eigenvalue weighted by molar-refractivity contribution is 6.32. The first-order valence-corrected chi connectivity index (χ1v) is 18.1. The molecule has 0 fully saturated rings. The summed E-state index contributed by atoms with van der Waals surface area (Å²) in [6, 6.07) is 58.8. The minimum atomic E-state index is 0.889. The van der Waals surface area contributed by atoms with Crippen LogP contribution in [0.25, 0.3) is 120 Å². The normalized spacial score (nSPS) is 12.2. The topological polar surface area (TPSA) is 38.9 Å². The molecule has 0 saturated heterocycles. The minimum absolute atomic E-state index is 0.889. The summed E-state index contributed by atoms with van der Waals surface area (Å²) >= 11 is 0. The summed E-state index contributed by atoms with van der Waals surface area (Å²) in [4.78, 5) is 10.1. The molecule has 244 valence electrons. The van der Waals surface area contributed by atoms with Crippen molar-refractivity contribution in [1.29, 1.82) is 0 Å². The van der Waals surface area contributed by atoms with Crippen molar-refractivity contribution in [2.45, 2.75) is 0 Å². The van der Waals surface area contributed by atoms with Crippen molar-refractivity contribution < 1.29 is 4.42 Å². The summed E-state index contributed by atoms with van der Waals surface area (Å²) in [7, 11) is 0. The number of furan rings is 1. The zero-order valence-electron chi connectivity index (χ0n) is 28.5. The lowest BCUT2D eigenvalue weighted by Gasteiger charge is -2.17. The van der Waals surface area contributed by atoms with Crippen LogP contribution in [0.2, 0.25) is 0 Å². The van der Waals surface area contributed by atoms with Gasteiger partial charge in [0.1, 0.15) is 11.2 Å². The van der Waals surface area contributed by atoms with Crippen LogP contribution in [0.1, 0.15) is 0 Å². The summed E-state index contributed by atoms with van der Waals surface area (Å²) in [6.07, 6.45) is 1.85. The van der Waals surface area contributed by atoms with Crippen molar-refractivity contribution in [2.75, 3.05) is 0 Å². The van der Waals surface area contributed by atoms with Gasteiger partial charge in [-0.2, -0.15) is 0 Å². The van der Waals surface area contributed by atoms with Crippen molar-refractivity contribution in [1.82, 2.24) is 9.97 Å². The molecule has 0 unspecified atom stereocenters. The van der Waals surface area contributed by atoms with Gasteiger partial charge in [-0.05, 0) is 89.9 Å². The molecular weight excluding hydrogens is 645 g/mol. The molecule has 0 bridgehead atoms. The van der Waals surface area contributed by atoms with Crippen molar-refractivity contribution >= 4 is 97.6 Å². The second-order valence-electron chi connectivity index (χ2n) is 14.0. The van der Waals surface area contributed by atoms with Crippen LogP contribution in [0.15, 0.2) is 174 Å². The Morgan fingerprint density at radius 3 is 1.62 bits per heavy atom. The van der Waals surface area contributed by atoms with Gasteiger partial charge in [-0.1, -0.05) is 133 Å². The molecule has 3 heteroatoms. The van der Waals surface area contributed by atoms with E-state index in [1.54, 1.807) is 0 Å². The maximum absolute atomic E-state index is 6.82. The number of hydrogen-bond acceptors (Lipinski definition) is 3. The van der Waals surface area contributed by atoms with E-state index in [1.165, 1.54) is 59.4 Å². The minimum Gasteiger partial charge on any atom is -0.455 e. The van der Waals surface area contributed by atoms with Gasteiger partial charge in [0.05, 0.1) is 16.7 Å². The van der Waals surface area contributed by atoms with Gasteiger partial charge >= 0.3 is 0 Å². The van der Waals surface area contributed by atoms with Crippen molar-refractivity contribution in [3.8, 4) is 22.4 Å². The van der Waals surface area contributed by atoms with Crippen LogP contribution in [0, 0.1) is 0 Å². The van der Waals surface area contributed by atoms with E-state index < -0.39 is 0 Å². The fourth-order valence-electron chi connectivity index (χ4n) is 8.95. The largest absolute Gasteiger partial charge is 0.455 e. The van der Waals surface area contributed by atoms with E-state index in [9.17, 15) is 0 Å². The molecule has 0 saturated carbocycles. The van der Waals surface area contributed by atoms with E-state index in [0.29, 0.717) is 0 Å². The molecule has 12 aromatic rings. The van der Waals surface area contributed by atoms with Gasteiger partial charge in [0, 0.05) is 38.7 Å².